The maximum absolute atomic E-state index is 12.8. The lowest BCUT2D eigenvalue weighted by atomic mass is 10.1. The van der Waals surface area contributed by atoms with Gasteiger partial charge in [-0.3, -0.25) is 9.48 Å². The van der Waals surface area contributed by atoms with Gasteiger partial charge < -0.3 is 10.1 Å². The molecule has 126 valence electrons. The molecule has 4 rings (SSSR count). The van der Waals surface area contributed by atoms with Crippen LogP contribution in [0.2, 0.25) is 0 Å². The zero-order chi connectivity index (χ0) is 17.1. The predicted molar refractivity (Wildman–Crippen MR) is 94.4 cm³/mol. The number of nitrogens with one attached hydrogen (secondary N) is 1. The summed E-state index contributed by atoms with van der Waals surface area (Å²) >= 11 is 0. The minimum atomic E-state index is -0.486. The molecule has 25 heavy (non-hydrogen) atoms. The number of aromatic nitrogens is 2. The van der Waals surface area contributed by atoms with Crippen LogP contribution in [-0.2, 0) is 11.2 Å². The van der Waals surface area contributed by atoms with Crippen LogP contribution in [0.15, 0.2) is 73.1 Å². The number of hydrogen-bond acceptors (Lipinski definition) is 3. The zero-order valence-electron chi connectivity index (χ0n) is 13.7. The Balaban J connectivity index is 1.45. The van der Waals surface area contributed by atoms with E-state index in [0.29, 0.717) is 6.54 Å². The fraction of sp³-hybridized carbons (Fsp3) is 0.200. The number of fused-ring (bicyclic) bond motifs is 1. The molecular formula is C20H19N3O2. The molecule has 1 aliphatic heterocycles. The van der Waals surface area contributed by atoms with E-state index in [1.165, 1.54) is 5.56 Å². The van der Waals surface area contributed by atoms with Crippen LogP contribution >= 0.6 is 0 Å². The molecule has 2 heterocycles. The van der Waals surface area contributed by atoms with Crippen LogP contribution in [0, 0.1) is 0 Å². The van der Waals surface area contributed by atoms with Gasteiger partial charge in [-0.1, -0.05) is 48.5 Å². The van der Waals surface area contributed by atoms with Crippen molar-refractivity contribution in [3.63, 3.8) is 0 Å². The van der Waals surface area contributed by atoms with E-state index in [4.69, 9.17) is 4.74 Å². The molecule has 1 aromatic heterocycles. The van der Waals surface area contributed by atoms with Crippen LogP contribution in [0.1, 0.15) is 17.2 Å². The van der Waals surface area contributed by atoms with Gasteiger partial charge in [0.1, 0.15) is 11.9 Å². The summed E-state index contributed by atoms with van der Waals surface area (Å²) in [5, 5.41) is 7.27. The van der Waals surface area contributed by atoms with Gasteiger partial charge in [0.15, 0.2) is 6.04 Å². The monoisotopic (exact) mass is 333 g/mol. The van der Waals surface area contributed by atoms with E-state index in [1.807, 2.05) is 54.6 Å². The highest BCUT2D eigenvalue weighted by molar-refractivity contribution is 5.83. The van der Waals surface area contributed by atoms with Crippen molar-refractivity contribution in [1.82, 2.24) is 15.1 Å². The van der Waals surface area contributed by atoms with Gasteiger partial charge in [-0.05, 0) is 23.3 Å². The first-order valence-corrected chi connectivity index (χ1v) is 8.37. The average Bonchev–Trinajstić information content (AvgIpc) is 3.30. The normalized spacial score (nSPS) is 16.7. The summed E-state index contributed by atoms with van der Waals surface area (Å²) in [5.41, 5.74) is 2.09. The summed E-state index contributed by atoms with van der Waals surface area (Å²) in [7, 11) is 0. The standard InChI is InChI=1S/C20H19N3O2/c24-20(21-14-17-13-16-9-4-5-10-18(16)25-17)19(23-12-6-11-22-23)15-7-2-1-3-8-15/h1-12,17,19H,13-14H2,(H,21,24)/t17-,19-/m0/s1. The molecule has 1 aliphatic rings. The predicted octanol–water partition coefficient (Wildman–Crippen LogP) is 2.59. The Labute approximate surface area is 146 Å². The number of rotatable bonds is 5. The van der Waals surface area contributed by atoms with Crippen molar-refractivity contribution in [2.75, 3.05) is 6.54 Å². The quantitative estimate of drug-likeness (QED) is 0.781. The fourth-order valence-corrected chi connectivity index (χ4v) is 3.17. The number of amides is 1. The minimum Gasteiger partial charge on any atom is -0.488 e. The first-order valence-electron chi connectivity index (χ1n) is 8.37. The van der Waals surface area contributed by atoms with Crippen LogP contribution < -0.4 is 10.1 Å². The van der Waals surface area contributed by atoms with Gasteiger partial charge in [0.05, 0.1) is 6.54 Å². The number of nitrogens with zero attached hydrogens (tertiary/aromatic N) is 2. The number of benzene rings is 2. The topological polar surface area (TPSA) is 56.1 Å². The number of hydrogen-bond donors (Lipinski definition) is 1. The lowest BCUT2D eigenvalue weighted by molar-refractivity contribution is -0.123. The van der Waals surface area contributed by atoms with E-state index in [-0.39, 0.29) is 12.0 Å². The number of para-hydroxylation sites is 1. The van der Waals surface area contributed by atoms with E-state index < -0.39 is 6.04 Å². The summed E-state index contributed by atoms with van der Waals surface area (Å²) in [6.07, 6.45) is 4.27. The molecule has 0 fully saturated rings. The Bertz CT molecular complexity index is 821. The highest BCUT2D eigenvalue weighted by Gasteiger charge is 2.26. The molecule has 0 unspecified atom stereocenters. The van der Waals surface area contributed by atoms with E-state index in [2.05, 4.69) is 16.5 Å². The molecular weight excluding hydrogens is 314 g/mol. The summed E-state index contributed by atoms with van der Waals surface area (Å²) < 4.78 is 7.57. The molecule has 5 heteroatoms. The molecule has 1 amide bonds. The van der Waals surface area contributed by atoms with Crippen LogP contribution in [0.25, 0.3) is 0 Å². The smallest absolute Gasteiger partial charge is 0.249 e. The number of ether oxygens (including phenoxy) is 1. The summed E-state index contributed by atoms with van der Waals surface area (Å²) in [6, 6.07) is 19.0. The molecule has 0 radical (unpaired) electrons. The summed E-state index contributed by atoms with van der Waals surface area (Å²) in [5.74, 6) is 0.822. The number of carbonyl (C=O) groups is 1. The highest BCUT2D eigenvalue weighted by Crippen LogP contribution is 2.28. The molecule has 0 spiro atoms. The van der Waals surface area contributed by atoms with Crippen molar-refractivity contribution in [3.05, 3.63) is 84.2 Å². The maximum atomic E-state index is 12.8. The van der Waals surface area contributed by atoms with Crippen molar-refractivity contribution in [1.29, 1.82) is 0 Å². The third-order valence-electron chi connectivity index (χ3n) is 4.37. The number of carbonyl (C=O) groups excluding carboxylic acids is 1. The lowest BCUT2D eigenvalue weighted by Crippen LogP contribution is -2.39. The van der Waals surface area contributed by atoms with Crippen molar-refractivity contribution in [2.24, 2.45) is 0 Å². The second-order valence-electron chi connectivity index (χ2n) is 6.10. The SMILES string of the molecule is O=C(NC[C@@H]1Cc2ccccc2O1)[C@H](c1ccccc1)n1cccn1. The maximum Gasteiger partial charge on any atom is 0.249 e. The Morgan fingerprint density at radius 2 is 1.96 bits per heavy atom. The van der Waals surface area contributed by atoms with Crippen molar-refractivity contribution >= 4 is 5.91 Å². The molecule has 3 aromatic rings. The van der Waals surface area contributed by atoms with E-state index >= 15 is 0 Å². The van der Waals surface area contributed by atoms with Gasteiger partial charge in [0.2, 0.25) is 5.91 Å². The van der Waals surface area contributed by atoms with Gasteiger partial charge in [0.25, 0.3) is 0 Å². The Morgan fingerprint density at radius 3 is 2.72 bits per heavy atom. The van der Waals surface area contributed by atoms with Crippen molar-refractivity contribution in [2.45, 2.75) is 18.6 Å². The largest absolute Gasteiger partial charge is 0.488 e. The molecule has 5 nitrogen and oxygen atoms in total. The average molecular weight is 333 g/mol. The third-order valence-corrected chi connectivity index (χ3v) is 4.37. The molecule has 2 atom stereocenters. The highest BCUT2D eigenvalue weighted by atomic mass is 16.5. The minimum absolute atomic E-state index is 0.0320. The van der Waals surface area contributed by atoms with Crippen molar-refractivity contribution in [3.8, 4) is 5.75 Å². The second kappa shape index (κ2) is 6.81. The second-order valence-corrected chi connectivity index (χ2v) is 6.10. The molecule has 0 aliphatic carbocycles. The van der Waals surface area contributed by atoms with Gasteiger partial charge in [0, 0.05) is 18.8 Å². The van der Waals surface area contributed by atoms with Crippen molar-refractivity contribution < 1.29 is 9.53 Å². The Morgan fingerprint density at radius 1 is 1.16 bits per heavy atom. The molecule has 0 saturated heterocycles. The van der Waals surface area contributed by atoms with E-state index in [1.54, 1.807) is 17.1 Å². The van der Waals surface area contributed by atoms with Gasteiger partial charge in [-0.2, -0.15) is 5.10 Å². The Kier molecular flexibility index (Phi) is 4.21. The zero-order valence-corrected chi connectivity index (χ0v) is 13.7. The van der Waals surface area contributed by atoms with Crippen LogP contribution in [-0.4, -0.2) is 28.3 Å². The van der Waals surface area contributed by atoms with Crippen LogP contribution in [0.5, 0.6) is 5.75 Å². The van der Waals surface area contributed by atoms with E-state index in [0.717, 1.165) is 17.7 Å². The van der Waals surface area contributed by atoms with Gasteiger partial charge >= 0.3 is 0 Å². The molecule has 0 bridgehead atoms. The lowest BCUT2D eigenvalue weighted by Gasteiger charge is -2.19. The summed E-state index contributed by atoms with van der Waals surface area (Å²) in [4.78, 5) is 12.8. The molecule has 1 N–H and O–H groups in total. The fourth-order valence-electron chi connectivity index (χ4n) is 3.17. The van der Waals surface area contributed by atoms with E-state index in [9.17, 15) is 4.79 Å². The summed E-state index contributed by atoms with van der Waals surface area (Å²) in [6.45, 7) is 0.470. The van der Waals surface area contributed by atoms with Gasteiger partial charge in [-0.15, -0.1) is 0 Å². The van der Waals surface area contributed by atoms with Crippen LogP contribution in [0.4, 0.5) is 0 Å². The van der Waals surface area contributed by atoms with Gasteiger partial charge in [-0.25, -0.2) is 0 Å². The van der Waals surface area contributed by atoms with Crippen LogP contribution in [0.3, 0.4) is 0 Å². The Hall–Kier alpha value is -3.08. The first kappa shape index (κ1) is 15.4. The third kappa shape index (κ3) is 3.26. The molecule has 2 aromatic carbocycles. The first-order chi connectivity index (χ1) is 12.3. The molecule has 0 saturated carbocycles.